The van der Waals surface area contributed by atoms with Crippen LogP contribution in [0.4, 0.5) is 0 Å². The first-order valence-corrected chi connectivity index (χ1v) is 6.60. The number of hydrogen-bond donors (Lipinski definition) is 0. The van der Waals surface area contributed by atoms with Crippen LogP contribution in [0.15, 0.2) is 35.5 Å². The van der Waals surface area contributed by atoms with Crippen molar-refractivity contribution in [2.45, 2.75) is 39.0 Å². The summed E-state index contributed by atoms with van der Waals surface area (Å²) in [6.07, 6.45) is 4.41. The summed E-state index contributed by atoms with van der Waals surface area (Å²) in [6.45, 7) is 2.13. The van der Waals surface area contributed by atoms with E-state index in [4.69, 9.17) is 4.84 Å². The second-order valence-electron chi connectivity index (χ2n) is 4.72. The average molecular weight is 245 g/mol. The fourth-order valence-corrected chi connectivity index (χ4v) is 2.32. The number of carbonyl (C=O) groups is 1. The summed E-state index contributed by atoms with van der Waals surface area (Å²) < 4.78 is 0. The molecule has 0 bridgehead atoms. The van der Waals surface area contributed by atoms with Crippen LogP contribution >= 0.6 is 0 Å². The lowest BCUT2D eigenvalue weighted by Gasteiger charge is -2.20. The SMILES string of the molecule is CCC[C@@H]1CC(=O)ON=C1CCc1ccccc1. The van der Waals surface area contributed by atoms with E-state index in [9.17, 15) is 4.79 Å². The Hall–Kier alpha value is -1.64. The number of aryl methyl sites for hydroxylation is 1. The summed E-state index contributed by atoms with van der Waals surface area (Å²) in [4.78, 5) is 16.0. The zero-order valence-electron chi connectivity index (χ0n) is 10.8. The maximum absolute atomic E-state index is 11.2. The van der Waals surface area contributed by atoms with Gasteiger partial charge in [0.1, 0.15) is 0 Å². The standard InChI is InChI=1S/C15H19NO2/c1-2-6-13-11-15(17)18-16-14(13)10-9-12-7-4-3-5-8-12/h3-5,7-8,13H,2,6,9-11H2,1H3/t13-/m1/s1. The number of benzene rings is 1. The summed E-state index contributed by atoms with van der Waals surface area (Å²) in [5, 5.41) is 3.99. The van der Waals surface area contributed by atoms with Crippen LogP contribution in [-0.2, 0) is 16.1 Å². The van der Waals surface area contributed by atoms with Gasteiger partial charge in [-0.05, 0) is 24.8 Å². The number of oxime groups is 1. The van der Waals surface area contributed by atoms with Gasteiger partial charge in [0.2, 0.25) is 0 Å². The van der Waals surface area contributed by atoms with E-state index in [1.807, 2.05) is 18.2 Å². The molecule has 0 aromatic heterocycles. The lowest BCUT2D eigenvalue weighted by molar-refractivity contribution is -0.145. The quantitative estimate of drug-likeness (QED) is 0.746. The first kappa shape index (κ1) is 12.8. The zero-order valence-corrected chi connectivity index (χ0v) is 10.8. The summed E-state index contributed by atoms with van der Waals surface area (Å²) >= 11 is 0. The van der Waals surface area contributed by atoms with Crippen LogP contribution in [0.3, 0.4) is 0 Å². The molecule has 0 fully saturated rings. The Balaban J connectivity index is 1.96. The highest BCUT2D eigenvalue weighted by molar-refractivity contribution is 5.92. The van der Waals surface area contributed by atoms with E-state index in [0.29, 0.717) is 6.42 Å². The molecule has 0 unspecified atom stereocenters. The van der Waals surface area contributed by atoms with Gasteiger partial charge in [-0.3, -0.25) is 0 Å². The molecule has 1 atom stereocenters. The fraction of sp³-hybridized carbons (Fsp3) is 0.467. The van der Waals surface area contributed by atoms with Gasteiger partial charge in [0.15, 0.2) is 0 Å². The van der Waals surface area contributed by atoms with Crippen molar-refractivity contribution >= 4 is 11.7 Å². The second kappa shape index (κ2) is 6.34. The topological polar surface area (TPSA) is 38.7 Å². The average Bonchev–Trinajstić information content (AvgIpc) is 2.39. The highest BCUT2D eigenvalue weighted by atomic mass is 16.7. The number of nitrogens with zero attached hydrogens (tertiary/aromatic N) is 1. The largest absolute Gasteiger partial charge is 0.335 e. The highest BCUT2D eigenvalue weighted by Gasteiger charge is 2.25. The Kier molecular flexibility index (Phi) is 4.51. The van der Waals surface area contributed by atoms with E-state index < -0.39 is 0 Å². The van der Waals surface area contributed by atoms with Crippen molar-refractivity contribution in [2.24, 2.45) is 11.1 Å². The molecule has 0 N–H and O–H groups in total. The van der Waals surface area contributed by atoms with Gasteiger partial charge in [0, 0.05) is 5.92 Å². The molecule has 2 rings (SSSR count). The van der Waals surface area contributed by atoms with Crippen LogP contribution in [0.5, 0.6) is 0 Å². The lowest BCUT2D eigenvalue weighted by Crippen LogP contribution is -2.25. The fourth-order valence-electron chi connectivity index (χ4n) is 2.32. The molecule has 0 amide bonds. The monoisotopic (exact) mass is 245 g/mol. The predicted molar refractivity (Wildman–Crippen MR) is 71.3 cm³/mol. The van der Waals surface area contributed by atoms with E-state index in [1.54, 1.807) is 0 Å². The molecular formula is C15H19NO2. The van der Waals surface area contributed by atoms with E-state index in [1.165, 1.54) is 5.56 Å². The molecule has 0 aliphatic carbocycles. The van der Waals surface area contributed by atoms with Crippen LogP contribution in [0, 0.1) is 5.92 Å². The Morgan fingerprint density at radius 2 is 2.06 bits per heavy atom. The van der Waals surface area contributed by atoms with Gasteiger partial charge in [0.25, 0.3) is 0 Å². The Morgan fingerprint density at radius 1 is 1.28 bits per heavy atom. The minimum atomic E-state index is -0.197. The minimum absolute atomic E-state index is 0.197. The Morgan fingerprint density at radius 3 is 2.78 bits per heavy atom. The molecule has 0 radical (unpaired) electrons. The van der Waals surface area contributed by atoms with Crippen molar-refractivity contribution in [1.29, 1.82) is 0 Å². The van der Waals surface area contributed by atoms with Crippen molar-refractivity contribution < 1.29 is 9.63 Å². The highest BCUT2D eigenvalue weighted by Crippen LogP contribution is 2.22. The summed E-state index contributed by atoms with van der Waals surface area (Å²) in [7, 11) is 0. The molecule has 1 heterocycles. The summed E-state index contributed by atoms with van der Waals surface area (Å²) in [6, 6.07) is 10.3. The first-order valence-electron chi connectivity index (χ1n) is 6.60. The van der Waals surface area contributed by atoms with Gasteiger partial charge in [-0.15, -0.1) is 0 Å². The van der Waals surface area contributed by atoms with Crippen molar-refractivity contribution in [3.8, 4) is 0 Å². The molecule has 0 spiro atoms. The van der Waals surface area contributed by atoms with Gasteiger partial charge in [-0.1, -0.05) is 48.8 Å². The number of rotatable bonds is 5. The molecule has 1 aromatic carbocycles. The Bertz CT molecular complexity index is 425. The van der Waals surface area contributed by atoms with Gasteiger partial charge < -0.3 is 4.84 Å². The third-order valence-corrected chi connectivity index (χ3v) is 3.30. The molecule has 3 heteroatoms. The second-order valence-corrected chi connectivity index (χ2v) is 4.72. The van der Waals surface area contributed by atoms with Gasteiger partial charge in [-0.2, -0.15) is 0 Å². The van der Waals surface area contributed by atoms with Crippen LogP contribution in [-0.4, -0.2) is 11.7 Å². The van der Waals surface area contributed by atoms with E-state index in [-0.39, 0.29) is 11.9 Å². The molecule has 0 saturated heterocycles. The number of carbonyl (C=O) groups excluding carboxylic acids is 1. The van der Waals surface area contributed by atoms with E-state index in [2.05, 4.69) is 24.2 Å². The normalized spacial score (nSPS) is 19.3. The van der Waals surface area contributed by atoms with Crippen molar-refractivity contribution in [3.05, 3.63) is 35.9 Å². The maximum Gasteiger partial charge on any atom is 0.335 e. The summed E-state index contributed by atoms with van der Waals surface area (Å²) in [5.74, 6) is 0.0804. The van der Waals surface area contributed by atoms with Crippen molar-refractivity contribution in [3.63, 3.8) is 0 Å². The molecule has 1 aliphatic rings. The molecular weight excluding hydrogens is 226 g/mol. The minimum Gasteiger partial charge on any atom is -0.318 e. The molecule has 3 nitrogen and oxygen atoms in total. The van der Waals surface area contributed by atoms with Crippen molar-refractivity contribution in [2.75, 3.05) is 0 Å². The third kappa shape index (κ3) is 3.42. The van der Waals surface area contributed by atoms with Crippen LogP contribution < -0.4 is 0 Å². The summed E-state index contributed by atoms with van der Waals surface area (Å²) in [5.41, 5.74) is 2.34. The molecule has 1 aromatic rings. The van der Waals surface area contributed by atoms with E-state index >= 15 is 0 Å². The molecule has 0 saturated carbocycles. The van der Waals surface area contributed by atoms with Gasteiger partial charge in [0.05, 0.1) is 12.1 Å². The first-order chi connectivity index (χ1) is 8.79. The maximum atomic E-state index is 11.2. The smallest absolute Gasteiger partial charge is 0.318 e. The van der Waals surface area contributed by atoms with E-state index in [0.717, 1.165) is 31.4 Å². The molecule has 18 heavy (non-hydrogen) atoms. The van der Waals surface area contributed by atoms with Gasteiger partial charge >= 0.3 is 5.97 Å². The Labute approximate surface area is 108 Å². The predicted octanol–water partition coefficient (Wildman–Crippen LogP) is 3.34. The van der Waals surface area contributed by atoms with Gasteiger partial charge in [-0.25, -0.2) is 4.79 Å². The molecule has 96 valence electrons. The zero-order chi connectivity index (χ0) is 12.8. The van der Waals surface area contributed by atoms with Crippen LogP contribution in [0.25, 0.3) is 0 Å². The third-order valence-electron chi connectivity index (χ3n) is 3.30. The van der Waals surface area contributed by atoms with Crippen LogP contribution in [0.2, 0.25) is 0 Å². The van der Waals surface area contributed by atoms with Crippen LogP contribution in [0.1, 0.15) is 38.2 Å². The lowest BCUT2D eigenvalue weighted by atomic mass is 9.90. The number of hydrogen-bond acceptors (Lipinski definition) is 3. The van der Waals surface area contributed by atoms with Crippen molar-refractivity contribution in [1.82, 2.24) is 0 Å². The molecule has 1 aliphatic heterocycles.